The molecule has 0 aliphatic carbocycles. The van der Waals surface area contributed by atoms with Crippen molar-refractivity contribution in [1.29, 1.82) is 0 Å². The Morgan fingerprint density at radius 1 is 1.12 bits per heavy atom. The fraction of sp³-hybridized carbons (Fsp3) is 0.538. The van der Waals surface area contributed by atoms with E-state index in [2.05, 4.69) is 26.1 Å². The molecule has 0 fully saturated rings. The summed E-state index contributed by atoms with van der Waals surface area (Å²) in [6, 6.07) is 6.72. The van der Waals surface area contributed by atoms with Crippen LogP contribution in [0.3, 0.4) is 0 Å². The van der Waals surface area contributed by atoms with Gasteiger partial charge in [-0.2, -0.15) is 0 Å². The SMILES string of the molecule is CCC(C)NC(CC)c1ccc(Cl)c(Cl)c1. The van der Waals surface area contributed by atoms with Gasteiger partial charge >= 0.3 is 0 Å². The van der Waals surface area contributed by atoms with Crippen LogP contribution in [0.25, 0.3) is 0 Å². The Morgan fingerprint density at radius 2 is 1.81 bits per heavy atom. The fourth-order valence-electron chi connectivity index (χ4n) is 1.64. The third-order valence-corrected chi connectivity index (χ3v) is 3.59. The van der Waals surface area contributed by atoms with Gasteiger partial charge in [-0.05, 0) is 37.5 Å². The molecule has 16 heavy (non-hydrogen) atoms. The summed E-state index contributed by atoms with van der Waals surface area (Å²) in [5.74, 6) is 0. The van der Waals surface area contributed by atoms with Crippen LogP contribution in [-0.2, 0) is 0 Å². The second-order valence-electron chi connectivity index (χ2n) is 4.11. The Balaban J connectivity index is 2.82. The van der Waals surface area contributed by atoms with Gasteiger partial charge in [0.1, 0.15) is 0 Å². The van der Waals surface area contributed by atoms with Gasteiger partial charge in [-0.15, -0.1) is 0 Å². The summed E-state index contributed by atoms with van der Waals surface area (Å²) in [5, 5.41) is 4.82. The molecule has 2 atom stereocenters. The maximum atomic E-state index is 6.03. The molecule has 0 aliphatic rings. The molecule has 0 heterocycles. The van der Waals surface area contributed by atoms with Gasteiger partial charge in [0.2, 0.25) is 0 Å². The molecule has 0 bridgehead atoms. The van der Waals surface area contributed by atoms with Gasteiger partial charge in [-0.25, -0.2) is 0 Å². The van der Waals surface area contributed by atoms with E-state index in [-0.39, 0.29) is 0 Å². The van der Waals surface area contributed by atoms with Crippen molar-refractivity contribution in [3.63, 3.8) is 0 Å². The highest BCUT2D eigenvalue weighted by Gasteiger charge is 2.12. The van der Waals surface area contributed by atoms with Crippen molar-refractivity contribution in [2.45, 2.75) is 45.7 Å². The average molecular weight is 260 g/mol. The van der Waals surface area contributed by atoms with Crippen molar-refractivity contribution in [2.24, 2.45) is 0 Å². The van der Waals surface area contributed by atoms with Gasteiger partial charge in [0.15, 0.2) is 0 Å². The van der Waals surface area contributed by atoms with Gasteiger partial charge in [-0.3, -0.25) is 0 Å². The van der Waals surface area contributed by atoms with E-state index in [4.69, 9.17) is 23.2 Å². The van der Waals surface area contributed by atoms with E-state index >= 15 is 0 Å². The lowest BCUT2D eigenvalue weighted by Crippen LogP contribution is -2.29. The number of benzene rings is 1. The number of nitrogens with one attached hydrogen (secondary N) is 1. The molecule has 0 aliphatic heterocycles. The number of halogens is 2. The molecule has 2 unspecified atom stereocenters. The minimum atomic E-state index is 0.352. The molecule has 1 nitrogen and oxygen atoms in total. The van der Waals surface area contributed by atoms with Gasteiger partial charge in [0, 0.05) is 12.1 Å². The monoisotopic (exact) mass is 259 g/mol. The van der Waals surface area contributed by atoms with Crippen LogP contribution in [0.5, 0.6) is 0 Å². The first-order valence-electron chi connectivity index (χ1n) is 5.79. The first kappa shape index (κ1) is 13.8. The highest BCUT2D eigenvalue weighted by Crippen LogP contribution is 2.27. The fourth-order valence-corrected chi connectivity index (χ4v) is 1.95. The van der Waals surface area contributed by atoms with Gasteiger partial charge < -0.3 is 5.32 Å². The Bertz CT molecular complexity index is 339. The van der Waals surface area contributed by atoms with Crippen molar-refractivity contribution in [2.75, 3.05) is 0 Å². The Labute approximate surface area is 108 Å². The lowest BCUT2D eigenvalue weighted by Gasteiger charge is -2.22. The highest BCUT2D eigenvalue weighted by molar-refractivity contribution is 6.42. The molecule has 0 saturated heterocycles. The van der Waals surface area contributed by atoms with Crippen molar-refractivity contribution in [3.8, 4) is 0 Å². The third-order valence-electron chi connectivity index (χ3n) is 2.85. The van der Waals surface area contributed by atoms with E-state index in [1.807, 2.05) is 18.2 Å². The van der Waals surface area contributed by atoms with Crippen molar-refractivity contribution in [1.82, 2.24) is 5.32 Å². The normalized spacial score (nSPS) is 14.8. The van der Waals surface area contributed by atoms with Crippen LogP contribution in [-0.4, -0.2) is 6.04 Å². The van der Waals surface area contributed by atoms with Crippen LogP contribution in [0.1, 0.15) is 45.2 Å². The smallest absolute Gasteiger partial charge is 0.0595 e. The molecule has 1 N–H and O–H groups in total. The maximum Gasteiger partial charge on any atom is 0.0595 e. The zero-order valence-electron chi connectivity index (χ0n) is 10.1. The highest BCUT2D eigenvalue weighted by atomic mass is 35.5. The van der Waals surface area contributed by atoms with E-state index in [9.17, 15) is 0 Å². The minimum Gasteiger partial charge on any atom is -0.307 e. The van der Waals surface area contributed by atoms with Gasteiger partial charge in [0.25, 0.3) is 0 Å². The van der Waals surface area contributed by atoms with Crippen LogP contribution in [0.4, 0.5) is 0 Å². The van der Waals surface area contributed by atoms with E-state index in [0.29, 0.717) is 22.1 Å². The minimum absolute atomic E-state index is 0.352. The quantitative estimate of drug-likeness (QED) is 0.799. The molecule has 0 saturated carbocycles. The van der Waals surface area contributed by atoms with Crippen molar-refractivity contribution in [3.05, 3.63) is 33.8 Å². The molecule has 1 aromatic carbocycles. The third kappa shape index (κ3) is 3.65. The molecule has 90 valence electrons. The van der Waals surface area contributed by atoms with E-state index in [0.717, 1.165) is 12.8 Å². The lowest BCUT2D eigenvalue weighted by atomic mass is 10.0. The Morgan fingerprint density at radius 3 is 2.31 bits per heavy atom. The van der Waals surface area contributed by atoms with Crippen molar-refractivity contribution >= 4 is 23.2 Å². The molecule has 1 aromatic rings. The lowest BCUT2D eigenvalue weighted by molar-refractivity contribution is 0.437. The summed E-state index contributed by atoms with van der Waals surface area (Å²) < 4.78 is 0. The van der Waals surface area contributed by atoms with E-state index in [1.165, 1.54) is 5.56 Å². The topological polar surface area (TPSA) is 12.0 Å². The summed E-state index contributed by atoms with van der Waals surface area (Å²) >= 11 is 11.9. The predicted octanol–water partition coefficient (Wildman–Crippen LogP) is 4.83. The van der Waals surface area contributed by atoms with E-state index < -0.39 is 0 Å². The second kappa shape index (κ2) is 6.48. The molecule has 0 spiro atoms. The molecule has 0 radical (unpaired) electrons. The largest absolute Gasteiger partial charge is 0.307 e. The summed E-state index contributed by atoms with van der Waals surface area (Å²) in [4.78, 5) is 0. The molecular formula is C13H19Cl2N. The average Bonchev–Trinajstić information content (AvgIpc) is 2.29. The standard InChI is InChI=1S/C13H19Cl2N/c1-4-9(3)16-13(5-2)10-6-7-11(14)12(15)8-10/h6-9,13,16H,4-5H2,1-3H3. The second-order valence-corrected chi connectivity index (χ2v) is 4.92. The first-order chi connectivity index (χ1) is 7.58. The molecule has 0 amide bonds. The van der Waals surface area contributed by atoms with Gasteiger partial charge in [-0.1, -0.05) is 43.1 Å². The van der Waals surface area contributed by atoms with E-state index in [1.54, 1.807) is 0 Å². The molecular weight excluding hydrogens is 241 g/mol. The number of rotatable bonds is 5. The summed E-state index contributed by atoms with van der Waals surface area (Å²) in [5.41, 5.74) is 1.21. The first-order valence-corrected chi connectivity index (χ1v) is 6.55. The summed E-state index contributed by atoms with van der Waals surface area (Å²) in [7, 11) is 0. The number of hydrogen-bond acceptors (Lipinski definition) is 1. The summed E-state index contributed by atoms with van der Waals surface area (Å²) in [6.07, 6.45) is 2.17. The Kier molecular flexibility index (Phi) is 5.60. The van der Waals surface area contributed by atoms with Crippen LogP contribution in [0, 0.1) is 0 Å². The van der Waals surface area contributed by atoms with Crippen LogP contribution >= 0.6 is 23.2 Å². The van der Waals surface area contributed by atoms with Gasteiger partial charge in [0.05, 0.1) is 10.0 Å². The Hall–Kier alpha value is -0.240. The molecule has 0 aromatic heterocycles. The summed E-state index contributed by atoms with van der Waals surface area (Å²) in [6.45, 7) is 6.54. The van der Waals surface area contributed by atoms with Crippen LogP contribution < -0.4 is 5.32 Å². The molecule has 1 rings (SSSR count). The molecule has 3 heteroatoms. The zero-order valence-corrected chi connectivity index (χ0v) is 11.6. The number of hydrogen-bond donors (Lipinski definition) is 1. The predicted molar refractivity (Wildman–Crippen MR) is 72.4 cm³/mol. The van der Waals surface area contributed by atoms with Crippen molar-refractivity contribution < 1.29 is 0 Å². The van der Waals surface area contributed by atoms with Crippen LogP contribution in [0.2, 0.25) is 10.0 Å². The van der Waals surface area contributed by atoms with Crippen LogP contribution in [0.15, 0.2) is 18.2 Å². The zero-order chi connectivity index (χ0) is 12.1. The maximum absolute atomic E-state index is 6.03.